The lowest BCUT2D eigenvalue weighted by molar-refractivity contribution is 0.0174. The monoisotopic (exact) mass is 340 g/mol. The molecule has 1 aromatic heterocycles. The number of hydrogen-bond donors (Lipinski definition) is 2. The van der Waals surface area contributed by atoms with Crippen LogP contribution in [0.3, 0.4) is 0 Å². The quantitative estimate of drug-likeness (QED) is 0.639. The van der Waals surface area contributed by atoms with Crippen LogP contribution in [0.4, 0.5) is 0 Å². The summed E-state index contributed by atoms with van der Waals surface area (Å²) in [6.45, 7) is 0. The Kier molecular flexibility index (Phi) is 4.69. The van der Waals surface area contributed by atoms with Crippen molar-refractivity contribution in [3.8, 4) is 0 Å². The van der Waals surface area contributed by atoms with Gasteiger partial charge in [-0.15, -0.1) is 0 Å². The molecular formula is C14H13BrO5. The second-order valence-corrected chi connectivity index (χ2v) is 5.18. The zero-order chi connectivity index (χ0) is 14.7. The summed E-state index contributed by atoms with van der Waals surface area (Å²) in [5.41, 5.74) is 0.197. The van der Waals surface area contributed by atoms with Crippen molar-refractivity contribution in [2.24, 2.45) is 0 Å². The summed E-state index contributed by atoms with van der Waals surface area (Å²) >= 11 is 3.19. The molecule has 0 bridgehead atoms. The van der Waals surface area contributed by atoms with Gasteiger partial charge in [0.05, 0.1) is 17.1 Å². The highest BCUT2D eigenvalue weighted by Crippen LogP contribution is 2.23. The molecule has 0 aliphatic heterocycles. The second-order valence-electron chi connectivity index (χ2n) is 4.38. The molecule has 2 N–H and O–H groups in total. The minimum Gasteiger partial charge on any atom is -0.463 e. The third-order valence-electron chi connectivity index (χ3n) is 3.06. The van der Waals surface area contributed by atoms with Gasteiger partial charge in [0.15, 0.2) is 6.29 Å². The SMILES string of the molecule is O=Cc1coc2ccc(C(O)C(O)CCBr)cc2c1=O. The van der Waals surface area contributed by atoms with E-state index in [0.717, 1.165) is 6.26 Å². The van der Waals surface area contributed by atoms with Crippen LogP contribution < -0.4 is 5.43 Å². The van der Waals surface area contributed by atoms with E-state index >= 15 is 0 Å². The largest absolute Gasteiger partial charge is 0.463 e. The number of aliphatic hydroxyl groups excluding tert-OH is 2. The van der Waals surface area contributed by atoms with Gasteiger partial charge in [0.1, 0.15) is 18.0 Å². The number of fused-ring (bicyclic) bond motifs is 1. The van der Waals surface area contributed by atoms with Crippen molar-refractivity contribution in [3.63, 3.8) is 0 Å². The summed E-state index contributed by atoms with van der Waals surface area (Å²) in [6.07, 6.45) is -0.131. The van der Waals surface area contributed by atoms with Crippen LogP contribution in [0.25, 0.3) is 11.0 Å². The number of rotatable bonds is 5. The molecule has 0 saturated heterocycles. The van der Waals surface area contributed by atoms with Gasteiger partial charge in [-0.2, -0.15) is 0 Å². The number of hydrogen-bond acceptors (Lipinski definition) is 5. The third-order valence-corrected chi connectivity index (χ3v) is 3.52. The third kappa shape index (κ3) is 2.82. The first kappa shape index (κ1) is 14.9. The van der Waals surface area contributed by atoms with Gasteiger partial charge >= 0.3 is 0 Å². The Morgan fingerprint density at radius 1 is 1.35 bits per heavy atom. The zero-order valence-corrected chi connectivity index (χ0v) is 12.0. The van der Waals surface area contributed by atoms with E-state index in [0.29, 0.717) is 29.2 Å². The van der Waals surface area contributed by atoms with Crippen LogP contribution in [-0.2, 0) is 0 Å². The second kappa shape index (κ2) is 6.30. The van der Waals surface area contributed by atoms with Crippen molar-refractivity contribution in [3.05, 3.63) is 45.8 Å². The maximum atomic E-state index is 12.0. The maximum absolute atomic E-state index is 12.0. The lowest BCUT2D eigenvalue weighted by atomic mass is 10.0. The summed E-state index contributed by atoms with van der Waals surface area (Å²) in [5.74, 6) is 0. The van der Waals surface area contributed by atoms with Gasteiger partial charge in [0.2, 0.25) is 5.43 Å². The maximum Gasteiger partial charge on any atom is 0.203 e. The Hall–Kier alpha value is -1.50. The minimum absolute atomic E-state index is 0.0786. The van der Waals surface area contributed by atoms with Gasteiger partial charge in [-0.25, -0.2) is 0 Å². The summed E-state index contributed by atoms with van der Waals surface area (Å²) < 4.78 is 5.17. The Bertz CT molecular complexity index is 679. The van der Waals surface area contributed by atoms with Crippen molar-refractivity contribution in [1.82, 2.24) is 0 Å². The molecule has 0 radical (unpaired) electrons. The normalized spacial score (nSPS) is 14.2. The van der Waals surface area contributed by atoms with Crippen molar-refractivity contribution in [2.75, 3.05) is 5.33 Å². The molecule has 5 nitrogen and oxygen atoms in total. The molecule has 2 aromatic rings. The average molecular weight is 341 g/mol. The van der Waals surface area contributed by atoms with Crippen LogP contribution in [0.15, 0.2) is 33.7 Å². The highest BCUT2D eigenvalue weighted by molar-refractivity contribution is 9.09. The number of aldehydes is 1. The van der Waals surface area contributed by atoms with E-state index in [1.165, 1.54) is 12.1 Å². The molecule has 0 aliphatic carbocycles. The fourth-order valence-electron chi connectivity index (χ4n) is 1.92. The minimum atomic E-state index is -1.10. The Morgan fingerprint density at radius 3 is 2.75 bits per heavy atom. The molecule has 2 unspecified atom stereocenters. The molecule has 0 spiro atoms. The predicted molar refractivity (Wildman–Crippen MR) is 77.2 cm³/mol. The van der Waals surface area contributed by atoms with Crippen LogP contribution in [-0.4, -0.2) is 27.9 Å². The van der Waals surface area contributed by atoms with Gasteiger partial charge in [-0.05, 0) is 24.1 Å². The van der Waals surface area contributed by atoms with E-state index in [9.17, 15) is 19.8 Å². The molecule has 1 heterocycles. The van der Waals surface area contributed by atoms with Crippen molar-refractivity contribution < 1.29 is 19.4 Å². The van der Waals surface area contributed by atoms with Gasteiger partial charge in [-0.3, -0.25) is 9.59 Å². The molecule has 6 heteroatoms. The fraction of sp³-hybridized carbons (Fsp3) is 0.286. The van der Waals surface area contributed by atoms with Crippen LogP contribution in [0.2, 0.25) is 0 Å². The average Bonchev–Trinajstić information content (AvgIpc) is 2.47. The standard InChI is InChI=1S/C14H13BrO5/c15-4-3-11(17)14(19)8-1-2-12-10(5-8)13(18)9(6-16)7-20-12/h1-2,5-7,11,14,17,19H,3-4H2. The molecule has 1 aromatic carbocycles. The predicted octanol–water partition coefficient (Wildman–Crippen LogP) is 1.78. The van der Waals surface area contributed by atoms with Crippen LogP contribution >= 0.6 is 15.9 Å². The number of halogens is 1. The van der Waals surface area contributed by atoms with E-state index in [1.807, 2.05) is 0 Å². The Morgan fingerprint density at radius 2 is 2.10 bits per heavy atom. The molecular weight excluding hydrogens is 328 g/mol. The van der Waals surface area contributed by atoms with Crippen molar-refractivity contribution in [2.45, 2.75) is 18.6 Å². The molecule has 0 saturated carbocycles. The van der Waals surface area contributed by atoms with E-state index in [2.05, 4.69) is 15.9 Å². The van der Waals surface area contributed by atoms with E-state index in [-0.39, 0.29) is 10.9 Å². The first-order chi connectivity index (χ1) is 9.58. The molecule has 0 aliphatic rings. The number of benzene rings is 1. The molecule has 2 atom stereocenters. The first-order valence-electron chi connectivity index (χ1n) is 6.01. The summed E-state index contributed by atoms with van der Waals surface area (Å²) in [6, 6.07) is 4.55. The fourth-order valence-corrected chi connectivity index (χ4v) is 2.39. The molecule has 0 fully saturated rings. The van der Waals surface area contributed by atoms with Gasteiger partial charge in [-0.1, -0.05) is 22.0 Å². The lowest BCUT2D eigenvalue weighted by Crippen LogP contribution is -2.19. The first-order valence-corrected chi connectivity index (χ1v) is 7.13. The summed E-state index contributed by atoms with van der Waals surface area (Å²) in [4.78, 5) is 22.7. The Balaban J connectivity index is 2.49. The molecule has 20 heavy (non-hydrogen) atoms. The smallest absolute Gasteiger partial charge is 0.203 e. The summed E-state index contributed by atoms with van der Waals surface area (Å²) in [5, 5.41) is 20.6. The van der Waals surface area contributed by atoms with Gasteiger partial charge in [0, 0.05) is 5.33 Å². The molecule has 2 rings (SSSR count). The highest BCUT2D eigenvalue weighted by atomic mass is 79.9. The van der Waals surface area contributed by atoms with Crippen LogP contribution in [0.5, 0.6) is 0 Å². The topological polar surface area (TPSA) is 87.7 Å². The zero-order valence-electron chi connectivity index (χ0n) is 10.5. The van der Waals surface area contributed by atoms with Crippen LogP contribution in [0, 0.1) is 0 Å². The van der Waals surface area contributed by atoms with E-state index < -0.39 is 17.6 Å². The molecule has 106 valence electrons. The molecule has 0 amide bonds. The van der Waals surface area contributed by atoms with Crippen molar-refractivity contribution >= 4 is 33.2 Å². The van der Waals surface area contributed by atoms with E-state index in [1.54, 1.807) is 6.07 Å². The van der Waals surface area contributed by atoms with Gasteiger partial charge in [0.25, 0.3) is 0 Å². The lowest BCUT2D eigenvalue weighted by Gasteiger charge is -2.17. The number of alkyl halides is 1. The Labute approximate surface area is 123 Å². The van der Waals surface area contributed by atoms with E-state index in [4.69, 9.17) is 4.42 Å². The van der Waals surface area contributed by atoms with Gasteiger partial charge < -0.3 is 14.6 Å². The number of carbonyl (C=O) groups is 1. The highest BCUT2D eigenvalue weighted by Gasteiger charge is 2.19. The van der Waals surface area contributed by atoms with Crippen molar-refractivity contribution in [1.29, 1.82) is 0 Å². The summed E-state index contributed by atoms with van der Waals surface area (Å²) in [7, 11) is 0. The number of carbonyl (C=O) groups excluding carboxylic acids is 1. The number of aliphatic hydroxyl groups is 2. The van der Waals surface area contributed by atoms with Crippen LogP contribution in [0.1, 0.15) is 28.4 Å².